The van der Waals surface area contributed by atoms with Gasteiger partial charge in [0.15, 0.2) is 0 Å². The van der Waals surface area contributed by atoms with E-state index in [2.05, 4.69) is 53.7 Å². The van der Waals surface area contributed by atoms with Crippen molar-refractivity contribution in [3.63, 3.8) is 0 Å². The van der Waals surface area contributed by atoms with Crippen LogP contribution in [0.5, 0.6) is 5.75 Å². The normalized spacial score (nSPS) is 13.7. The largest absolute Gasteiger partial charge is 0.490 e. The minimum Gasteiger partial charge on any atom is -0.490 e. The van der Waals surface area contributed by atoms with Gasteiger partial charge in [-0.2, -0.15) is 0 Å². The molecule has 0 heterocycles. The maximum absolute atomic E-state index is 11.1. The van der Waals surface area contributed by atoms with E-state index in [4.69, 9.17) is 9.84 Å². The highest BCUT2D eigenvalue weighted by Gasteiger charge is 2.25. The summed E-state index contributed by atoms with van der Waals surface area (Å²) in [5.74, 6) is -0.00253. The van der Waals surface area contributed by atoms with E-state index in [0.717, 1.165) is 24.2 Å². The Kier molecular flexibility index (Phi) is 6.26. The van der Waals surface area contributed by atoms with Crippen LogP contribution in [0.4, 0.5) is 0 Å². The van der Waals surface area contributed by atoms with Crippen LogP contribution >= 0.6 is 0 Å². The molecule has 1 rings (SSSR count). The molecule has 0 aliphatic heterocycles. The van der Waals surface area contributed by atoms with Gasteiger partial charge < -0.3 is 9.84 Å². The number of carboxylic acids is 1. The lowest BCUT2D eigenvalue weighted by molar-refractivity contribution is -0.138. The number of carbonyl (C=O) groups is 1. The summed E-state index contributed by atoms with van der Waals surface area (Å²) in [5.41, 5.74) is 2.41. The van der Waals surface area contributed by atoms with Crippen molar-refractivity contribution >= 4 is 5.97 Å². The lowest BCUT2D eigenvalue weighted by Crippen LogP contribution is -2.23. The fourth-order valence-corrected chi connectivity index (χ4v) is 2.58. The van der Waals surface area contributed by atoms with Crippen molar-refractivity contribution < 1.29 is 14.6 Å². The Hall–Kier alpha value is -1.51. The van der Waals surface area contributed by atoms with Gasteiger partial charge in [-0.05, 0) is 34.4 Å². The van der Waals surface area contributed by atoms with Crippen LogP contribution in [-0.4, -0.2) is 17.2 Å². The van der Waals surface area contributed by atoms with Crippen LogP contribution in [0.2, 0.25) is 0 Å². The lowest BCUT2D eigenvalue weighted by Gasteiger charge is -2.29. The number of rotatable bonds is 6. The van der Waals surface area contributed by atoms with Gasteiger partial charge in [-0.25, -0.2) is 0 Å². The molecule has 3 nitrogen and oxygen atoms in total. The van der Waals surface area contributed by atoms with E-state index in [1.165, 1.54) is 5.56 Å². The zero-order valence-corrected chi connectivity index (χ0v) is 15.7. The Morgan fingerprint density at radius 3 is 2.17 bits per heavy atom. The van der Waals surface area contributed by atoms with E-state index < -0.39 is 5.97 Å². The first-order chi connectivity index (χ1) is 10.4. The zero-order chi connectivity index (χ0) is 17.8. The SMILES string of the molecule is CCCC(CC(=O)O)Oc1ccc(C(C)(C)C)cc1C(C)(C)C. The molecule has 0 aliphatic rings. The molecule has 0 spiro atoms. The number of carboxylic acid groups (broad SMARTS) is 1. The van der Waals surface area contributed by atoms with Crippen molar-refractivity contribution in [2.24, 2.45) is 0 Å². The number of hydrogen-bond acceptors (Lipinski definition) is 2. The van der Waals surface area contributed by atoms with Crippen LogP contribution in [-0.2, 0) is 15.6 Å². The Labute approximate surface area is 141 Å². The van der Waals surface area contributed by atoms with Crippen molar-refractivity contribution in [2.75, 3.05) is 0 Å². The molecule has 1 unspecified atom stereocenters. The van der Waals surface area contributed by atoms with E-state index in [1.54, 1.807) is 0 Å². The summed E-state index contributed by atoms with van der Waals surface area (Å²) >= 11 is 0. The van der Waals surface area contributed by atoms with E-state index >= 15 is 0 Å². The molecule has 23 heavy (non-hydrogen) atoms. The third-order valence-corrected chi connectivity index (χ3v) is 3.96. The molecule has 1 N–H and O–H groups in total. The molecule has 0 aliphatic carbocycles. The molecule has 1 aromatic carbocycles. The standard InChI is InChI=1S/C20H32O3/c1-8-9-15(13-18(21)22)23-17-11-10-14(19(2,3)4)12-16(17)20(5,6)7/h10-12,15H,8-9,13H2,1-7H3,(H,21,22). The highest BCUT2D eigenvalue weighted by Crippen LogP contribution is 2.36. The third-order valence-electron chi connectivity index (χ3n) is 3.96. The van der Waals surface area contributed by atoms with Crippen LogP contribution in [0.15, 0.2) is 18.2 Å². The highest BCUT2D eigenvalue weighted by molar-refractivity contribution is 5.67. The smallest absolute Gasteiger partial charge is 0.307 e. The molecule has 0 fully saturated rings. The molecular formula is C20H32O3. The van der Waals surface area contributed by atoms with E-state index in [9.17, 15) is 4.79 Å². The fraction of sp³-hybridized carbons (Fsp3) is 0.650. The van der Waals surface area contributed by atoms with Crippen molar-refractivity contribution in [3.8, 4) is 5.75 Å². The topological polar surface area (TPSA) is 46.5 Å². The van der Waals surface area contributed by atoms with Crippen molar-refractivity contribution in [1.29, 1.82) is 0 Å². The summed E-state index contributed by atoms with van der Waals surface area (Å²) in [6, 6.07) is 6.30. The molecular weight excluding hydrogens is 288 g/mol. The Bertz CT molecular complexity index is 533. The monoisotopic (exact) mass is 320 g/mol. The first-order valence-electron chi connectivity index (χ1n) is 8.48. The van der Waals surface area contributed by atoms with Gasteiger partial charge in [-0.1, -0.05) is 67.0 Å². The van der Waals surface area contributed by atoms with Crippen LogP contribution in [0.25, 0.3) is 0 Å². The molecule has 0 saturated heterocycles. The number of ether oxygens (including phenoxy) is 1. The van der Waals surface area contributed by atoms with E-state index in [1.807, 2.05) is 13.0 Å². The molecule has 0 aromatic heterocycles. The Morgan fingerprint density at radius 1 is 1.13 bits per heavy atom. The molecule has 130 valence electrons. The highest BCUT2D eigenvalue weighted by atomic mass is 16.5. The molecule has 1 aromatic rings. The summed E-state index contributed by atoms with van der Waals surface area (Å²) in [4.78, 5) is 11.1. The van der Waals surface area contributed by atoms with Gasteiger partial charge in [0.2, 0.25) is 0 Å². The Morgan fingerprint density at radius 2 is 1.74 bits per heavy atom. The summed E-state index contributed by atoms with van der Waals surface area (Å²) < 4.78 is 6.11. The first-order valence-corrected chi connectivity index (χ1v) is 8.48. The van der Waals surface area contributed by atoms with E-state index in [-0.39, 0.29) is 23.4 Å². The second-order valence-electron chi connectivity index (χ2n) is 8.34. The maximum atomic E-state index is 11.1. The third kappa shape index (κ3) is 5.89. The summed E-state index contributed by atoms with van der Waals surface area (Å²) in [6.07, 6.45) is 1.41. The summed E-state index contributed by atoms with van der Waals surface area (Å²) in [7, 11) is 0. The quantitative estimate of drug-likeness (QED) is 0.773. The number of aliphatic carboxylic acids is 1. The number of benzene rings is 1. The lowest BCUT2D eigenvalue weighted by atomic mass is 9.80. The molecule has 3 heteroatoms. The predicted molar refractivity (Wildman–Crippen MR) is 95.4 cm³/mol. The van der Waals surface area contributed by atoms with E-state index in [0.29, 0.717) is 0 Å². The molecule has 0 saturated carbocycles. The second-order valence-corrected chi connectivity index (χ2v) is 8.34. The van der Waals surface area contributed by atoms with Gasteiger partial charge in [0, 0.05) is 0 Å². The van der Waals surface area contributed by atoms with Crippen LogP contribution < -0.4 is 4.74 Å². The number of hydrogen-bond donors (Lipinski definition) is 1. The second kappa shape index (κ2) is 7.37. The van der Waals surface area contributed by atoms with Gasteiger partial charge in [-0.3, -0.25) is 4.79 Å². The molecule has 0 radical (unpaired) electrons. The van der Waals surface area contributed by atoms with Gasteiger partial charge in [0.1, 0.15) is 11.9 Å². The minimum atomic E-state index is -0.813. The van der Waals surface area contributed by atoms with Crippen LogP contribution in [0.1, 0.15) is 78.9 Å². The minimum absolute atomic E-state index is 0.0401. The summed E-state index contributed by atoms with van der Waals surface area (Å²) in [6.45, 7) is 15.1. The molecule has 0 amide bonds. The molecule has 1 atom stereocenters. The molecule has 0 bridgehead atoms. The van der Waals surface area contributed by atoms with Gasteiger partial charge in [0.25, 0.3) is 0 Å². The van der Waals surface area contributed by atoms with Crippen LogP contribution in [0.3, 0.4) is 0 Å². The van der Waals surface area contributed by atoms with Gasteiger partial charge in [-0.15, -0.1) is 0 Å². The summed E-state index contributed by atoms with van der Waals surface area (Å²) in [5, 5.41) is 9.09. The van der Waals surface area contributed by atoms with Crippen molar-refractivity contribution in [1.82, 2.24) is 0 Å². The van der Waals surface area contributed by atoms with Crippen LogP contribution in [0, 0.1) is 0 Å². The van der Waals surface area contributed by atoms with Gasteiger partial charge >= 0.3 is 5.97 Å². The Balaban J connectivity index is 3.21. The average Bonchev–Trinajstić information content (AvgIpc) is 2.36. The average molecular weight is 320 g/mol. The first kappa shape index (κ1) is 19.5. The maximum Gasteiger partial charge on any atom is 0.307 e. The van der Waals surface area contributed by atoms with Crippen molar-refractivity contribution in [2.45, 2.75) is 84.7 Å². The van der Waals surface area contributed by atoms with Gasteiger partial charge in [0.05, 0.1) is 6.42 Å². The zero-order valence-electron chi connectivity index (χ0n) is 15.7. The van der Waals surface area contributed by atoms with Crippen molar-refractivity contribution in [3.05, 3.63) is 29.3 Å². The predicted octanol–water partition coefficient (Wildman–Crippen LogP) is 5.30. The fourth-order valence-electron chi connectivity index (χ4n) is 2.58.